The second-order valence-electron chi connectivity index (χ2n) is 8.87. The maximum Gasteiger partial charge on any atom is 0.410 e. The molecule has 2 heterocycles. The standard InChI is InChI=1S/C25H30N4O2/c1-19-22(20-11-7-5-8-12-20)29(21-13-9-6-10-14-21)26-23(19)27-15-17-28(18-16-27)24(30)31-25(2,3)4/h5-14H,15-18H2,1-4H3. The summed E-state index contributed by atoms with van der Waals surface area (Å²) in [7, 11) is 0. The predicted molar refractivity (Wildman–Crippen MR) is 124 cm³/mol. The Labute approximate surface area is 184 Å². The van der Waals surface area contributed by atoms with Gasteiger partial charge in [0.05, 0.1) is 11.4 Å². The molecule has 2 aromatic carbocycles. The summed E-state index contributed by atoms with van der Waals surface area (Å²) in [5.74, 6) is 0.964. The molecule has 6 nitrogen and oxygen atoms in total. The van der Waals surface area contributed by atoms with E-state index in [0.717, 1.165) is 41.4 Å². The summed E-state index contributed by atoms with van der Waals surface area (Å²) in [6, 6.07) is 20.6. The number of ether oxygens (including phenoxy) is 1. The van der Waals surface area contributed by atoms with Gasteiger partial charge in [0.2, 0.25) is 0 Å². The van der Waals surface area contributed by atoms with E-state index in [2.05, 4.69) is 48.2 Å². The van der Waals surface area contributed by atoms with Crippen molar-refractivity contribution in [1.29, 1.82) is 0 Å². The first-order valence-electron chi connectivity index (χ1n) is 10.8. The first-order chi connectivity index (χ1) is 14.8. The van der Waals surface area contributed by atoms with E-state index in [1.807, 2.05) is 49.7 Å². The number of hydrogen-bond donors (Lipinski definition) is 0. The average Bonchev–Trinajstić information content (AvgIpc) is 3.11. The molecule has 162 valence electrons. The Balaban J connectivity index is 1.62. The molecule has 0 saturated carbocycles. The minimum absolute atomic E-state index is 0.247. The summed E-state index contributed by atoms with van der Waals surface area (Å²) in [5, 5.41) is 5.02. The number of aromatic nitrogens is 2. The SMILES string of the molecule is Cc1c(N2CCN(C(=O)OC(C)(C)C)CC2)nn(-c2ccccc2)c1-c1ccccc1. The molecule has 0 atom stereocenters. The number of carbonyl (C=O) groups excluding carboxylic acids is 1. The van der Waals surface area contributed by atoms with Crippen molar-refractivity contribution in [3.8, 4) is 16.9 Å². The van der Waals surface area contributed by atoms with Gasteiger partial charge < -0.3 is 14.5 Å². The zero-order valence-corrected chi connectivity index (χ0v) is 18.7. The van der Waals surface area contributed by atoms with Crippen LogP contribution in [0.1, 0.15) is 26.3 Å². The van der Waals surface area contributed by atoms with Crippen LogP contribution in [0.4, 0.5) is 10.6 Å². The topological polar surface area (TPSA) is 50.6 Å². The van der Waals surface area contributed by atoms with Gasteiger partial charge in [0.1, 0.15) is 5.60 Å². The molecule has 1 saturated heterocycles. The van der Waals surface area contributed by atoms with Crippen LogP contribution in [0.5, 0.6) is 0 Å². The van der Waals surface area contributed by atoms with Crippen LogP contribution in [0.3, 0.4) is 0 Å². The number of amides is 1. The van der Waals surface area contributed by atoms with Crippen molar-refractivity contribution in [1.82, 2.24) is 14.7 Å². The number of para-hydroxylation sites is 1. The number of benzene rings is 2. The van der Waals surface area contributed by atoms with Crippen LogP contribution < -0.4 is 4.90 Å². The molecule has 0 radical (unpaired) electrons. The zero-order chi connectivity index (χ0) is 22.0. The molecule has 3 aromatic rings. The van der Waals surface area contributed by atoms with E-state index >= 15 is 0 Å². The minimum atomic E-state index is -0.482. The van der Waals surface area contributed by atoms with Gasteiger partial charge in [-0.15, -0.1) is 5.10 Å². The van der Waals surface area contributed by atoms with Crippen molar-refractivity contribution in [2.24, 2.45) is 0 Å². The highest BCUT2D eigenvalue weighted by molar-refractivity contribution is 5.72. The lowest BCUT2D eigenvalue weighted by Crippen LogP contribution is -2.50. The highest BCUT2D eigenvalue weighted by Crippen LogP contribution is 2.33. The highest BCUT2D eigenvalue weighted by atomic mass is 16.6. The molecule has 0 unspecified atom stereocenters. The normalized spacial score (nSPS) is 14.6. The first-order valence-corrected chi connectivity index (χ1v) is 10.8. The van der Waals surface area contributed by atoms with Gasteiger partial charge in [-0.2, -0.15) is 0 Å². The van der Waals surface area contributed by atoms with Gasteiger partial charge in [0, 0.05) is 37.3 Å². The number of rotatable bonds is 3. The highest BCUT2D eigenvalue weighted by Gasteiger charge is 2.28. The van der Waals surface area contributed by atoms with Gasteiger partial charge in [0.25, 0.3) is 0 Å². The Hall–Kier alpha value is -3.28. The summed E-state index contributed by atoms with van der Waals surface area (Å²) >= 11 is 0. The van der Waals surface area contributed by atoms with Gasteiger partial charge in [-0.05, 0) is 39.8 Å². The van der Waals surface area contributed by atoms with E-state index in [0.29, 0.717) is 13.1 Å². The van der Waals surface area contributed by atoms with E-state index in [1.54, 1.807) is 4.90 Å². The maximum absolute atomic E-state index is 12.4. The van der Waals surface area contributed by atoms with Gasteiger partial charge in [-0.1, -0.05) is 48.5 Å². The third-order valence-electron chi connectivity index (χ3n) is 5.38. The molecule has 4 rings (SSSR count). The van der Waals surface area contributed by atoms with E-state index in [9.17, 15) is 4.79 Å². The van der Waals surface area contributed by atoms with Crippen molar-refractivity contribution >= 4 is 11.9 Å². The quantitative estimate of drug-likeness (QED) is 0.607. The largest absolute Gasteiger partial charge is 0.444 e. The van der Waals surface area contributed by atoms with Crippen LogP contribution in [0.25, 0.3) is 16.9 Å². The van der Waals surface area contributed by atoms with E-state index in [1.165, 1.54) is 0 Å². The molecule has 6 heteroatoms. The molecule has 1 aliphatic heterocycles. The number of anilines is 1. The van der Waals surface area contributed by atoms with Gasteiger partial charge in [0.15, 0.2) is 5.82 Å². The van der Waals surface area contributed by atoms with Gasteiger partial charge in [-0.3, -0.25) is 0 Å². The Bertz CT molecular complexity index is 1030. The van der Waals surface area contributed by atoms with E-state index < -0.39 is 5.60 Å². The Kier molecular flexibility index (Phi) is 5.72. The fraction of sp³-hybridized carbons (Fsp3) is 0.360. The molecular formula is C25H30N4O2. The van der Waals surface area contributed by atoms with E-state index in [-0.39, 0.29) is 6.09 Å². The summed E-state index contributed by atoms with van der Waals surface area (Å²) in [6.07, 6.45) is -0.247. The summed E-state index contributed by atoms with van der Waals surface area (Å²) in [5.41, 5.74) is 3.92. The molecule has 0 N–H and O–H groups in total. The molecule has 1 aliphatic rings. The molecule has 1 amide bonds. The molecule has 0 aliphatic carbocycles. The van der Waals surface area contributed by atoms with Crippen LogP contribution in [-0.4, -0.2) is 52.6 Å². The van der Waals surface area contributed by atoms with Crippen molar-refractivity contribution < 1.29 is 9.53 Å². The zero-order valence-electron chi connectivity index (χ0n) is 18.7. The van der Waals surface area contributed by atoms with E-state index in [4.69, 9.17) is 9.84 Å². The Morgan fingerprint density at radius 2 is 1.48 bits per heavy atom. The van der Waals surface area contributed by atoms with Crippen LogP contribution in [0.2, 0.25) is 0 Å². The lowest BCUT2D eigenvalue weighted by molar-refractivity contribution is 0.0240. The molecule has 1 fully saturated rings. The fourth-order valence-electron chi connectivity index (χ4n) is 3.90. The summed E-state index contributed by atoms with van der Waals surface area (Å²) in [6.45, 7) is 10.5. The van der Waals surface area contributed by atoms with Gasteiger partial charge >= 0.3 is 6.09 Å². The van der Waals surface area contributed by atoms with Crippen LogP contribution in [0, 0.1) is 6.92 Å². The van der Waals surface area contributed by atoms with Crippen molar-refractivity contribution in [3.63, 3.8) is 0 Å². The predicted octanol–water partition coefficient (Wildman–Crippen LogP) is 4.90. The Morgan fingerprint density at radius 3 is 2.06 bits per heavy atom. The average molecular weight is 419 g/mol. The number of hydrogen-bond acceptors (Lipinski definition) is 4. The molecule has 31 heavy (non-hydrogen) atoms. The second-order valence-corrected chi connectivity index (χ2v) is 8.87. The molecular weight excluding hydrogens is 388 g/mol. The summed E-state index contributed by atoms with van der Waals surface area (Å²) in [4.78, 5) is 16.5. The maximum atomic E-state index is 12.4. The Morgan fingerprint density at radius 1 is 0.903 bits per heavy atom. The molecule has 1 aromatic heterocycles. The van der Waals surface area contributed by atoms with Gasteiger partial charge in [-0.25, -0.2) is 9.48 Å². The lowest BCUT2D eigenvalue weighted by atomic mass is 10.1. The van der Waals surface area contributed by atoms with Crippen LogP contribution in [-0.2, 0) is 4.74 Å². The number of nitrogens with zero attached hydrogens (tertiary/aromatic N) is 4. The molecule has 0 spiro atoms. The monoisotopic (exact) mass is 418 g/mol. The summed E-state index contributed by atoms with van der Waals surface area (Å²) < 4.78 is 7.56. The first kappa shape index (κ1) is 21.0. The van der Waals surface area contributed by atoms with Crippen molar-refractivity contribution in [2.45, 2.75) is 33.3 Å². The van der Waals surface area contributed by atoms with Crippen LogP contribution >= 0.6 is 0 Å². The number of piperazine rings is 1. The number of carbonyl (C=O) groups is 1. The van der Waals surface area contributed by atoms with Crippen molar-refractivity contribution in [2.75, 3.05) is 31.1 Å². The lowest BCUT2D eigenvalue weighted by Gasteiger charge is -2.36. The fourth-order valence-corrected chi connectivity index (χ4v) is 3.90. The van der Waals surface area contributed by atoms with Crippen molar-refractivity contribution in [3.05, 3.63) is 66.2 Å². The second kappa shape index (κ2) is 8.46. The third-order valence-corrected chi connectivity index (χ3v) is 5.38. The third kappa shape index (κ3) is 4.58. The minimum Gasteiger partial charge on any atom is -0.444 e. The smallest absolute Gasteiger partial charge is 0.410 e. The van der Waals surface area contributed by atoms with Crippen LogP contribution in [0.15, 0.2) is 60.7 Å². The molecule has 0 bridgehead atoms.